The minimum atomic E-state index is -4.52. The number of hydrogen-bond acceptors (Lipinski definition) is 3. The minimum Gasteiger partial charge on any atom is -0.371 e. The van der Waals surface area contributed by atoms with E-state index >= 15 is 0 Å². The van der Waals surface area contributed by atoms with Crippen LogP contribution in [0.5, 0.6) is 0 Å². The average molecular weight is 550 g/mol. The third kappa shape index (κ3) is 5.71. The maximum Gasteiger partial charge on any atom is 0.405 e. The zero-order valence-electron chi connectivity index (χ0n) is 22.6. The molecule has 0 saturated carbocycles. The highest BCUT2D eigenvalue weighted by molar-refractivity contribution is 6.10. The van der Waals surface area contributed by atoms with Gasteiger partial charge in [-0.3, -0.25) is 9.59 Å². The molecule has 40 heavy (non-hydrogen) atoms. The number of carbonyl (C=O) groups is 2. The van der Waals surface area contributed by atoms with E-state index in [1.807, 2.05) is 24.3 Å². The fourth-order valence-corrected chi connectivity index (χ4v) is 5.95. The van der Waals surface area contributed by atoms with Gasteiger partial charge in [0.15, 0.2) is 0 Å². The fraction of sp³-hybridized carbons (Fsp3) is 0.375. The van der Waals surface area contributed by atoms with Gasteiger partial charge in [0.05, 0.1) is 11.6 Å². The van der Waals surface area contributed by atoms with E-state index in [0.29, 0.717) is 28.8 Å². The Morgan fingerprint density at radius 2 is 1.68 bits per heavy atom. The van der Waals surface area contributed by atoms with Crippen LogP contribution in [0.3, 0.4) is 0 Å². The van der Waals surface area contributed by atoms with E-state index in [2.05, 4.69) is 22.5 Å². The maximum atomic E-state index is 13.6. The highest BCUT2D eigenvalue weighted by atomic mass is 19.4. The van der Waals surface area contributed by atoms with Crippen LogP contribution in [0.25, 0.3) is 11.1 Å². The quantitative estimate of drug-likeness (QED) is 0.316. The summed E-state index contributed by atoms with van der Waals surface area (Å²) < 4.78 is 39.4. The van der Waals surface area contributed by atoms with Gasteiger partial charge in [0.25, 0.3) is 5.91 Å². The molecule has 1 aliphatic carbocycles. The first-order chi connectivity index (χ1) is 19.3. The molecule has 1 atom stereocenters. The molecule has 1 aliphatic heterocycles. The lowest BCUT2D eigenvalue weighted by molar-refractivity contribution is -0.138. The van der Waals surface area contributed by atoms with E-state index in [9.17, 15) is 22.8 Å². The Kier molecular flexibility index (Phi) is 8.14. The standard InChI is InChI=1S/C32H34F3N3O2/c1-2-3-14-24-26(38-17-10-5-11-18-38)19-25(37-30(39)21-12-6-4-7-13-21)27-22-15-8-9-16-23(22)29(28(24)27)31(40)36-20-32(33,34)35/h4,6-9,12-13,15-16,19,29H,2-3,5,10-11,14,17-18,20H2,1H3,(H,36,40)(H,37,39). The lowest BCUT2D eigenvalue weighted by Crippen LogP contribution is -2.37. The molecule has 210 valence electrons. The summed E-state index contributed by atoms with van der Waals surface area (Å²) in [5.74, 6) is -1.87. The van der Waals surface area contributed by atoms with Crippen molar-refractivity contribution >= 4 is 23.2 Å². The van der Waals surface area contributed by atoms with E-state index in [-0.39, 0.29) is 5.91 Å². The van der Waals surface area contributed by atoms with Crippen molar-refractivity contribution in [2.45, 2.75) is 57.5 Å². The van der Waals surface area contributed by atoms with Gasteiger partial charge in [0.2, 0.25) is 5.91 Å². The number of rotatable bonds is 8. The minimum absolute atomic E-state index is 0.281. The Morgan fingerprint density at radius 1 is 0.975 bits per heavy atom. The monoisotopic (exact) mass is 549 g/mol. The summed E-state index contributed by atoms with van der Waals surface area (Å²) in [5.41, 5.74) is 5.85. The Bertz CT molecular complexity index is 1380. The van der Waals surface area contributed by atoms with Crippen molar-refractivity contribution in [1.82, 2.24) is 5.32 Å². The first-order valence-corrected chi connectivity index (χ1v) is 14.0. The van der Waals surface area contributed by atoms with E-state index in [4.69, 9.17) is 0 Å². The number of hydrogen-bond donors (Lipinski definition) is 2. The van der Waals surface area contributed by atoms with Gasteiger partial charge in [-0.25, -0.2) is 0 Å². The maximum absolute atomic E-state index is 13.6. The number of alkyl halides is 3. The molecule has 1 saturated heterocycles. The number of benzene rings is 3. The lowest BCUT2D eigenvalue weighted by Gasteiger charge is -2.33. The number of carbonyl (C=O) groups excluding carboxylic acids is 2. The molecule has 3 aromatic rings. The molecule has 0 radical (unpaired) electrons. The highest BCUT2D eigenvalue weighted by Gasteiger charge is 2.40. The second-order valence-electron chi connectivity index (χ2n) is 10.5. The molecule has 3 aromatic carbocycles. The first-order valence-electron chi connectivity index (χ1n) is 14.0. The van der Waals surface area contributed by atoms with Gasteiger partial charge in [-0.1, -0.05) is 55.8 Å². The van der Waals surface area contributed by atoms with E-state index < -0.39 is 24.5 Å². The molecular formula is C32H34F3N3O2. The predicted octanol–water partition coefficient (Wildman–Crippen LogP) is 7.06. The fourth-order valence-electron chi connectivity index (χ4n) is 5.95. The van der Waals surface area contributed by atoms with E-state index in [1.54, 1.807) is 36.4 Å². The molecule has 2 amide bonds. The summed E-state index contributed by atoms with van der Waals surface area (Å²) in [6.07, 6.45) is 1.17. The third-order valence-electron chi connectivity index (χ3n) is 7.77. The summed E-state index contributed by atoms with van der Waals surface area (Å²) >= 11 is 0. The van der Waals surface area contributed by atoms with Crippen molar-refractivity contribution in [1.29, 1.82) is 0 Å². The van der Waals surface area contributed by atoms with E-state index in [1.165, 1.54) is 0 Å². The Balaban J connectivity index is 1.71. The Labute approximate surface area is 232 Å². The molecule has 1 heterocycles. The van der Waals surface area contributed by atoms with Gasteiger partial charge >= 0.3 is 6.18 Å². The molecule has 5 nitrogen and oxygen atoms in total. The molecule has 0 spiro atoms. The van der Waals surface area contributed by atoms with Crippen molar-refractivity contribution in [2.24, 2.45) is 0 Å². The second kappa shape index (κ2) is 11.7. The largest absolute Gasteiger partial charge is 0.405 e. The highest BCUT2D eigenvalue weighted by Crippen LogP contribution is 2.53. The first kappa shape index (κ1) is 27.7. The number of amides is 2. The molecule has 2 aliphatic rings. The van der Waals surface area contributed by atoms with Gasteiger partial charge in [-0.05, 0) is 72.6 Å². The molecule has 2 N–H and O–H groups in total. The summed E-state index contributed by atoms with van der Waals surface area (Å²) in [7, 11) is 0. The van der Waals surface area contributed by atoms with Crippen LogP contribution >= 0.6 is 0 Å². The zero-order valence-corrected chi connectivity index (χ0v) is 22.6. The van der Waals surface area contributed by atoms with Gasteiger partial charge in [-0.15, -0.1) is 0 Å². The van der Waals surface area contributed by atoms with Crippen LogP contribution in [-0.4, -0.2) is 37.6 Å². The number of piperidine rings is 1. The normalized spacial score (nSPS) is 16.3. The zero-order chi connectivity index (χ0) is 28.3. The van der Waals surface area contributed by atoms with Crippen molar-refractivity contribution in [3.63, 3.8) is 0 Å². The predicted molar refractivity (Wildman–Crippen MR) is 152 cm³/mol. The molecular weight excluding hydrogens is 515 g/mol. The smallest absolute Gasteiger partial charge is 0.371 e. The van der Waals surface area contributed by atoms with Gasteiger partial charge in [0, 0.05) is 29.9 Å². The molecule has 8 heteroatoms. The topological polar surface area (TPSA) is 61.4 Å². The van der Waals surface area contributed by atoms with Crippen LogP contribution in [0.4, 0.5) is 24.5 Å². The Morgan fingerprint density at radius 3 is 2.38 bits per heavy atom. The Hall–Kier alpha value is -3.81. The number of nitrogens with one attached hydrogen (secondary N) is 2. The molecule has 5 rings (SSSR count). The molecule has 1 fully saturated rings. The van der Waals surface area contributed by atoms with Crippen molar-refractivity contribution in [3.05, 3.63) is 82.9 Å². The number of halogens is 3. The second-order valence-corrected chi connectivity index (χ2v) is 10.5. The average Bonchev–Trinajstić information content (AvgIpc) is 3.31. The van der Waals surface area contributed by atoms with E-state index in [0.717, 1.165) is 67.6 Å². The van der Waals surface area contributed by atoms with Crippen LogP contribution in [0.1, 0.15) is 72.0 Å². The third-order valence-corrected chi connectivity index (χ3v) is 7.77. The summed E-state index contributed by atoms with van der Waals surface area (Å²) in [6, 6.07) is 18.3. The van der Waals surface area contributed by atoms with Crippen molar-refractivity contribution in [2.75, 3.05) is 29.9 Å². The summed E-state index contributed by atoms with van der Waals surface area (Å²) in [6.45, 7) is 2.40. The van der Waals surface area contributed by atoms with Crippen molar-refractivity contribution < 1.29 is 22.8 Å². The van der Waals surface area contributed by atoms with Crippen LogP contribution in [0.15, 0.2) is 60.7 Å². The molecule has 1 unspecified atom stereocenters. The van der Waals surface area contributed by atoms with Crippen LogP contribution < -0.4 is 15.5 Å². The lowest BCUT2D eigenvalue weighted by atomic mass is 9.87. The SMILES string of the molecule is CCCCc1c(N2CCCCC2)cc(NC(=O)c2ccccc2)c2c1C(C(=O)NCC(F)(F)F)c1ccccc1-2. The van der Waals surface area contributed by atoms with Crippen LogP contribution in [0.2, 0.25) is 0 Å². The van der Waals surface area contributed by atoms with Crippen LogP contribution in [-0.2, 0) is 11.2 Å². The number of nitrogens with zero attached hydrogens (tertiary/aromatic N) is 1. The van der Waals surface area contributed by atoms with Gasteiger partial charge in [0.1, 0.15) is 6.54 Å². The number of unbranched alkanes of at least 4 members (excludes halogenated alkanes) is 1. The molecule has 0 aromatic heterocycles. The van der Waals surface area contributed by atoms with Crippen molar-refractivity contribution in [3.8, 4) is 11.1 Å². The van der Waals surface area contributed by atoms with Gasteiger partial charge < -0.3 is 15.5 Å². The summed E-state index contributed by atoms with van der Waals surface area (Å²) in [4.78, 5) is 29.2. The van der Waals surface area contributed by atoms with Gasteiger partial charge in [-0.2, -0.15) is 13.2 Å². The summed E-state index contributed by atoms with van der Waals surface area (Å²) in [5, 5.41) is 5.25. The number of fused-ring (bicyclic) bond motifs is 3. The van der Waals surface area contributed by atoms with Crippen LogP contribution in [0, 0.1) is 0 Å². The molecule has 0 bridgehead atoms. The number of anilines is 2.